The zero-order valence-electron chi connectivity index (χ0n) is 13.0. The van der Waals surface area contributed by atoms with Crippen LogP contribution in [0.15, 0.2) is 18.2 Å². The SMILES string of the molecule is CCOC(=O)[C@@H]1CCCN(CC(=O)Nc2c(F)cccc2F)C1. The van der Waals surface area contributed by atoms with Crippen molar-refractivity contribution in [3.05, 3.63) is 29.8 Å². The summed E-state index contributed by atoms with van der Waals surface area (Å²) in [7, 11) is 0. The first-order chi connectivity index (χ1) is 11.0. The van der Waals surface area contributed by atoms with Crippen molar-refractivity contribution in [3.63, 3.8) is 0 Å². The number of benzene rings is 1. The fourth-order valence-electron chi connectivity index (χ4n) is 2.65. The van der Waals surface area contributed by atoms with Crippen molar-refractivity contribution in [2.45, 2.75) is 19.8 Å². The predicted molar refractivity (Wildman–Crippen MR) is 80.8 cm³/mol. The van der Waals surface area contributed by atoms with Crippen molar-refractivity contribution in [2.75, 3.05) is 31.6 Å². The molecule has 1 heterocycles. The lowest BCUT2D eigenvalue weighted by Crippen LogP contribution is -2.43. The lowest BCUT2D eigenvalue weighted by Gasteiger charge is -2.30. The summed E-state index contributed by atoms with van der Waals surface area (Å²) in [5.74, 6) is -2.68. The Hall–Kier alpha value is -2.02. The lowest BCUT2D eigenvalue weighted by atomic mass is 9.98. The molecule has 1 saturated heterocycles. The molecular formula is C16H20F2N2O3. The number of carbonyl (C=O) groups excluding carboxylic acids is 2. The zero-order valence-corrected chi connectivity index (χ0v) is 13.0. The molecule has 1 aliphatic heterocycles. The third-order valence-corrected chi connectivity index (χ3v) is 3.72. The second-order valence-electron chi connectivity index (χ2n) is 5.47. The largest absolute Gasteiger partial charge is 0.466 e. The van der Waals surface area contributed by atoms with E-state index in [1.165, 1.54) is 6.07 Å². The van der Waals surface area contributed by atoms with Crippen LogP contribution < -0.4 is 5.32 Å². The van der Waals surface area contributed by atoms with Crippen molar-refractivity contribution in [3.8, 4) is 0 Å². The van der Waals surface area contributed by atoms with Gasteiger partial charge in [-0.15, -0.1) is 0 Å². The van der Waals surface area contributed by atoms with Gasteiger partial charge in [0.1, 0.15) is 17.3 Å². The molecule has 5 nitrogen and oxygen atoms in total. The number of para-hydroxylation sites is 1. The van der Waals surface area contributed by atoms with Crippen molar-refractivity contribution in [2.24, 2.45) is 5.92 Å². The quantitative estimate of drug-likeness (QED) is 0.843. The number of esters is 1. The van der Waals surface area contributed by atoms with E-state index < -0.39 is 23.2 Å². The highest BCUT2D eigenvalue weighted by atomic mass is 19.1. The minimum absolute atomic E-state index is 0.0241. The number of rotatable bonds is 5. The van der Waals surface area contributed by atoms with E-state index in [0.717, 1.165) is 25.0 Å². The molecule has 0 saturated carbocycles. The Morgan fingerprint density at radius 3 is 2.70 bits per heavy atom. The summed E-state index contributed by atoms with van der Waals surface area (Å²) >= 11 is 0. The first-order valence-electron chi connectivity index (χ1n) is 7.64. The smallest absolute Gasteiger partial charge is 0.310 e. The number of nitrogens with zero attached hydrogens (tertiary/aromatic N) is 1. The number of anilines is 1. The van der Waals surface area contributed by atoms with Gasteiger partial charge < -0.3 is 10.1 Å². The van der Waals surface area contributed by atoms with Gasteiger partial charge in [-0.05, 0) is 38.4 Å². The second-order valence-corrected chi connectivity index (χ2v) is 5.47. The number of likely N-dealkylation sites (tertiary alicyclic amines) is 1. The summed E-state index contributed by atoms with van der Waals surface area (Å²) in [5.41, 5.74) is -0.448. The third kappa shape index (κ3) is 4.72. The van der Waals surface area contributed by atoms with Gasteiger partial charge in [0.25, 0.3) is 0 Å². The molecule has 23 heavy (non-hydrogen) atoms. The van der Waals surface area contributed by atoms with Gasteiger partial charge in [-0.25, -0.2) is 8.78 Å². The molecule has 1 atom stereocenters. The maximum Gasteiger partial charge on any atom is 0.310 e. The number of nitrogens with one attached hydrogen (secondary N) is 1. The summed E-state index contributed by atoms with van der Waals surface area (Å²) in [5, 5.41) is 2.25. The zero-order chi connectivity index (χ0) is 16.8. The molecule has 2 rings (SSSR count). The second kappa shape index (κ2) is 8.01. The molecule has 7 heteroatoms. The fourth-order valence-corrected chi connectivity index (χ4v) is 2.65. The number of piperidine rings is 1. The van der Waals surface area contributed by atoms with Crippen LogP contribution in [0.5, 0.6) is 0 Å². The Kier molecular flexibility index (Phi) is 6.04. The van der Waals surface area contributed by atoms with Crippen LogP contribution in [0.3, 0.4) is 0 Å². The highest BCUT2D eigenvalue weighted by Crippen LogP contribution is 2.20. The van der Waals surface area contributed by atoms with Crippen LogP contribution in [0.2, 0.25) is 0 Å². The Bertz CT molecular complexity index is 560. The summed E-state index contributed by atoms with van der Waals surface area (Å²) < 4.78 is 32.0. The van der Waals surface area contributed by atoms with E-state index >= 15 is 0 Å². The number of carbonyl (C=O) groups is 2. The van der Waals surface area contributed by atoms with Gasteiger partial charge in [0, 0.05) is 6.54 Å². The fraction of sp³-hybridized carbons (Fsp3) is 0.500. The van der Waals surface area contributed by atoms with Gasteiger partial charge in [0.15, 0.2) is 0 Å². The van der Waals surface area contributed by atoms with Crippen LogP contribution >= 0.6 is 0 Å². The van der Waals surface area contributed by atoms with Crippen LogP contribution in [-0.4, -0.2) is 43.0 Å². The lowest BCUT2D eigenvalue weighted by molar-refractivity contribution is -0.150. The number of hydrogen-bond acceptors (Lipinski definition) is 4. The Morgan fingerprint density at radius 2 is 2.04 bits per heavy atom. The van der Waals surface area contributed by atoms with E-state index in [1.54, 1.807) is 11.8 Å². The molecule has 1 fully saturated rings. The summed E-state index contributed by atoms with van der Waals surface area (Å²) in [6, 6.07) is 3.39. The summed E-state index contributed by atoms with van der Waals surface area (Å²) in [4.78, 5) is 25.5. The molecule has 1 aromatic rings. The van der Waals surface area contributed by atoms with Gasteiger partial charge in [0.2, 0.25) is 5.91 Å². The minimum atomic E-state index is -0.818. The average Bonchev–Trinajstić information content (AvgIpc) is 2.51. The van der Waals surface area contributed by atoms with Gasteiger partial charge >= 0.3 is 5.97 Å². The standard InChI is InChI=1S/C16H20F2N2O3/c1-2-23-16(22)11-5-4-8-20(9-11)10-14(21)19-15-12(17)6-3-7-13(15)18/h3,6-7,11H,2,4-5,8-10H2,1H3,(H,19,21)/t11-/m1/s1. The molecule has 0 aliphatic carbocycles. The van der Waals surface area contributed by atoms with Gasteiger partial charge in [-0.1, -0.05) is 6.07 Å². The van der Waals surface area contributed by atoms with E-state index in [2.05, 4.69) is 5.32 Å². The molecule has 0 spiro atoms. The van der Waals surface area contributed by atoms with E-state index in [1.807, 2.05) is 0 Å². The summed E-state index contributed by atoms with van der Waals surface area (Å²) in [6.07, 6.45) is 1.49. The van der Waals surface area contributed by atoms with Crippen LogP contribution in [-0.2, 0) is 14.3 Å². The molecule has 0 radical (unpaired) electrons. The molecule has 1 amide bonds. The van der Waals surface area contributed by atoms with Crippen LogP contribution in [0.1, 0.15) is 19.8 Å². The van der Waals surface area contributed by atoms with Gasteiger partial charge in [-0.3, -0.25) is 14.5 Å². The van der Waals surface area contributed by atoms with E-state index in [-0.39, 0.29) is 18.4 Å². The first kappa shape index (κ1) is 17.3. The van der Waals surface area contributed by atoms with Crippen LogP contribution in [0.4, 0.5) is 14.5 Å². The number of amides is 1. The van der Waals surface area contributed by atoms with E-state index in [4.69, 9.17) is 4.74 Å². The van der Waals surface area contributed by atoms with E-state index in [0.29, 0.717) is 19.7 Å². The van der Waals surface area contributed by atoms with Crippen molar-refractivity contribution < 1.29 is 23.1 Å². The monoisotopic (exact) mass is 326 g/mol. The molecule has 1 aromatic carbocycles. The summed E-state index contributed by atoms with van der Waals surface area (Å²) in [6.45, 7) is 3.11. The maximum atomic E-state index is 13.5. The van der Waals surface area contributed by atoms with Crippen LogP contribution in [0.25, 0.3) is 0 Å². The number of ether oxygens (including phenoxy) is 1. The van der Waals surface area contributed by atoms with Crippen molar-refractivity contribution in [1.29, 1.82) is 0 Å². The average molecular weight is 326 g/mol. The first-order valence-corrected chi connectivity index (χ1v) is 7.64. The van der Waals surface area contributed by atoms with Crippen molar-refractivity contribution >= 4 is 17.6 Å². The molecule has 1 N–H and O–H groups in total. The minimum Gasteiger partial charge on any atom is -0.466 e. The van der Waals surface area contributed by atoms with Gasteiger partial charge in [-0.2, -0.15) is 0 Å². The Morgan fingerprint density at radius 1 is 1.35 bits per heavy atom. The van der Waals surface area contributed by atoms with Crippen molar-refractivity contribution in [1.82, 2.24) is 4.90 Å². The Balaban J connectivity index is 1.91. The molecule has 0 bridgehead atoms. The molecule has 0 unspecified atom stereocenters. The van der Waals surface area contributed by atoms with Crippen LogP contribution in [0, 0.1) is 17.6 Å². The number of hydrogen-bond donors (Lipinski definition) is 1. The molecule has 0 aromatic heterocycles. The predicted octanol–water partition coefficient (Wildman–Crippen LogP) is 2.18. The molecule has 1 aliphatic rings. The highest BCUT2D eigenvalue weighted by molar-refractivity contribution is 5.92. The van der Waals surface area contributed by atoms with E-state index in [9.17, 15) is 18.4 Å². The molecule has 126 valence electrons. The normalized spacial score (nSPS) is 18.5. The third-order valence-electron chi connectivity index (χ3n) is 3.72. The van der Waals surface area contributed by atoms with Gasteiger partial charge in [0.05, 0.1) is 19.1 Å². The Labute approximate surface area is 133 Å². The maximum absolute atomic E-state index is 13.5. The highest BCUT2D eigenvalue weighted by Gasteiger charge is 2.28. The number of halogens is 2. The topological polar surface area (TPSA) is 58.6 Å². The molecular weight excluding hydrogens is 306 g/mol.